The van der Waals surface area contributed by atoms with Crippen molar-refractivity contribution >= 4 is 5.88 Å². The van der Waals surface area contributed by atoms with E-state index in [1.807, 2.05) is 6.07 Å². The number of hydrogen-bond acceptors (Lipinski definition) is 6. The highest BCUT2D eigenvalue weighted by atomic mass is 16.4. The number of aryl methyl sites for hydroxylation is 1. The molecule has 2 heterocycles. The van der Waals surface area contributed by atoms with Crippen LogP contribution in [-0.4, -0.2) is 60.6 Å². The van der Waals surface area contributed by atoms with Crippen molar-refractivity contribution in [3.8, 4) is 6.07 Å². The molecule has 104 valence electrons. The number of aromatic nitrogens is 1. The van der Waals surface area contributed by atoms with Crippen LogP contribution in [0.25, 0.3) is 0 Å². The third-order valence-electron chi connectivity index (χ3n) is 3.56. The Morgan fingerprint density at radius 3 is 2.74 bits per heavy atom. The molecule has 1 aliphatic heterocycles. The quantitative estimate of drug-likeness (QED) is 0.870. The van der Waals surface area contributed by atoms with Crippen molar-refractivity contribution in [3.05, 3.63) is 11.6 Å². The van der Waals surface area contributed by atoms with Crippen LogP contribution < -0.4 is 5.32 Å². The average Bonchev–Trinajstić information content (AvgIpc) is 2.77. The second-order valence-corrected chi connectivity index (χ2v) is 5.09. The summed E-state index contributed by atoms with van der Waals surface area (Å²) in [6.07, 6.45) is 0. The van der Waals surface area contributed by atoms with Crippen molar-refractivity contribution in [3.63, 3.8) is 0 Å². The number of piperazine rings is 1. The van der Waals surface area contributed by atoms with E-state index in [9.17, 15) is 0 Å². The predicted octanol–water partition coefficient (Wildman–Crippen LogP) is 0.902. The molecule has 6 nitrogen and oxygen atoms in total. The minimum Gasteiger partial charge on any atom is -0.424 e. The highest BCUT2D eigenvalue weighted by Gasteiger charge is 2.19. The van der Waals surface area contributed by atoms with Crippen LogP contribution in [0.15, 0.2) is 4.42 Å². The van der Waals surface area contributed by atoms with Gasteiger partial charge >= 0.3 is 0 Å². The van der Waals surface area contributed by atoms with Gasteiger partial charge < -0.3 is 14.6 Å². The maximum Gasteiger partial charge on any atom is 0.232 e. The van der Waals surface area contributed by atoms with Crippen LogP contribution in [0.3, 0.4) is 0 Å². The van der Waals surface area contributed by atoms with E-state index in [-0.39, 0.29) is 0 Å². The Balaban J connectivity index is 1.86. The smallest absolute Gasteiger partial charge is 0.232 e. The van der Waals surface area contributed by atoms with Gasteiger partial charge in [-0.1, -0.05) is 0 Å². The maximum absolute atomic E-state index is 8.95. The molecule has 1 saturated heterocycles. The lowest BCUT2D eigenvalue weighted by Gasteiger charge is -2.36. The lowest BCUT2D eigenvalue weighted by molar-refractivity contribution is 0.123. The summed E-state index contributed by atoms with van der Waals surface area (Å²) in [5.41, 5.74) is 0.336. The van der Waals surface area contributed by atoms with E-state index in [2.05, 4.69) is 34.1 Å². The number of rotatable bonds is 4. The first-order valence-corrected chi connectivity index (χ1v) is 6.64. The van der Waals surface area contributed by atoms with E-state index < -0.39 is 0 Å². The van der Waals surface area contributed by atoms with Crippen molar-refractivity contribution in [2.24, 2.45) is 0 Å². The van der Waals surface area contributed by atoms with Crippen LogP contribution in [-0.2, 0) is 0 Å². The highest BCUT2D eigenvalue weighted by Crippen LogP contribution is 2.16. The summed E-state index contributed by atoms with van der Waals surface area (Å²) in [5, 5.41) is 12.1. The number of nitrogens with one attached hydrogen (secondary N) is 1. The molecular formula is C13H21N5O. The summed E-state index contributed by atoms with van der Waals surface area (Å²) in [6.45, 7) is 9.07. The maximum atomic E-state index is 8.95. The number of hydrogen-bond donors (Lipinski definition) is 1. The van der Waals surface area contributed by atoms with E-state index >= 15 is 0 Å². The zero-order valence-corrected chi connectivity index (χ0v) is 11.8. The monoisotopic (exact) mass is 263 g/mol. The number of oxazole rings is 1. The molecule has 1 aliphatic rings. The van der Waals surface area contributed by atoms with Crippen LogP contribution >= 0.6 is 0 Å². The average molecular weight is 263 g/mol. The van der Waals surface area contributed by atoms with Gasteiger partial charge in [0.25, 0.3) is 0 Å². The van der Waals surface area contributed by atoms with Crippen molar-refractivity contribution in [2.45, 2.75) is 19.9 Å². The highest BCUT2D eigenvalue weighted by molar-refractivity contribution is 5.45. The molecule has 0 aromatic carbocycles. The van der Waals surface area contributed by atoms with Crippen molar-refractivity contribution in [2.75, 3.05) is 45.1 Å². The third kappa shape index (κ3) is 3.46. The molecule has 0 unspecified atom stereocenters. The minimum absolute atomic E-state index is 0.336. The molecule has 0 radical (unpaired) electrons. The van der Waals surface area contributed by atoms with E-state index in [1.54, 1.807) is 6.92 Å². The van der Waals surface area contributed by atoms with Gasteiger partial charge in [-0.25, -0.2) is 4.98 Å². The molecule has 19 heavy (non-hydrogen) atoms. The Morgan fingerprint density at radius 1 is 1.42 bits per heavy atom. The first-order valence-electron chi connectivity index (χ1n) is 6.64. The van der Waals surface area contributed by atoms with Crippen LogP contribution in [0.2, 0.25) is 0 Å². The fourth-order valence-electron chi connectivity index (χ4n) is 2.25. The zero-order chi connectivity index (χ0) is 13.8. The summed E-state index contributed by atoms with van der Waals surface area (Å²) < 4.78 is 5.39. The molecule has 0 aliphatic carbocycles. The molecule has 1 atom stereocenters. The molecule has 1 N–H and O–H groups in total. The fraction of sp³-hybridized carbons (Fsp3) is 0.692. The van der Waals surface area contributed by atoms with Crippen molar-refractivity contribution in [1.29, 1.82) is 5.26 Å². The molecule has 1 aromatic heterocycles. The Hall–Kier alpha value is -1.58. The SMILES string of the molecule is Cc1nc(C#N)c(NC[C@@H](C)N2CCN(C)CC2)o1. The van der Waals surface area contributed by atoms with E-state index in [0.29, 0.717) is 23.5 Å². The van der Waals surface area contributed by atoms with Gasteiger partial charge in [0.2, 0.25) is 11.6 Å². The molecule has 0 amide bonds. The third-order valence-corrected chi connectivity index (χ3v) is 3.56. The van der Waals surface area contributed by atoms with E-state index in [0.717, 1.165) is 32.7 Å². The first kappa shape index (κ1) is 13.8. The molecule has 0 bridgehead atoms. The van der Waals surface area contributed by atoms with E-state index in [4.69, 9.17) is 9.68 Å². The van der Waals surface area contributed by atoms with Gasteiger partial charge in [-0.3, -0.25) is 4.90 Å². The van der Waals surface area contributed by atoms with Gasteiger partial charge in [-0.15, -0.1) is 0 Å². The van der Waals surface area contributed by atoms with Crippen LogP contribution in [0.1, 0.15) is 18.5 Å². The van der Waals surface area contributed by atoms with Crippen LogP contribution in [0, 0.1) is 18.3 Å². The van der Waals surface area contributed by atoms with Crippen LogP contribution in [0.4, 0.5) is 5.88 Å². The van der Waals surface area contributed by atoms with Gasteiger partial charge in [0.15, 0.2) is 5.89 Å². The molecule has 0 saturated carbocycles. The Kier molecular flexibility index (Phi) is 4.40. The van der Waals surface area contributed by atoms with Crippen molar-refractivity contribution < 1.29 is 4.42 Å². The molecule has 1 fully saturated rings. The fourth-order valence-corrected chi connectivity index (χ4v) is 2.25. The molecule has 1 aromatic rings. The second-order valence-electron chi connectivity index (χ2n) is 5.09. The lowest BCUT2D eigenvalue weighted by Crippen LogP contribution is -2.49. The molecule has 6 heteroatoms. The Labute approximate surface area is 114 Å². The Bertz CT molecular complexity index is 456. The largest absolute Gasteiger partial charge is 0.424 e. The van der Waals surface area contributed by atoms with Gasteiger partial charge in [0.1, 0.15) is 6.07 Å². The lowest BCUT2D eigenvalue weighted by atomic mass is 10.2. The minimum atomic E-state index is 0.336. The summed E-state index contributed by atoms with van der Waals surface area (Å²) in [7, 11) is 2.15. The topological polar surface area (TPSA) is 68.3 Å². The summed E-state index contributed by atoms with van der Waals surface area (Å²) in [6, 6.07) is 2.45. The first-order chi connectivity index (χ1) is 9.10. The number of anilines is 1. The summed E-state index contributed by atoms with van der Waals surface area (Å²) in [5.74, 6) is 1.01. The van der Waals surface area contributed by atoms with Gasteiger partial charge in [0, 0.05) is 45.7 Å². The zero-order valence-electron chi connectivity index (χ0n) is 11.8. The van der Waals surface area contributed by atoms with Gasteiger partial charge in [0.05, 0.1) is 0 Å². The summed E-state index contributed by atoms with van der Waals surface area (Å²) in [4.78, 5) is 8.80. The summed E-state index contributed by atoms with van der Waals surface area (Å²) >= 11 is 0. The molecule has 0 spiro atoms. The normalized spacial score (nSPS) is 19.1. The van der Waals surface area contributed by atoms with E-state index in [1.165, 1.54) is 0 Å². The number of nitrogens with zero attached hydrogens (tertiary/aromatic N) is 4. The Morgan fingerprint density at radius 2 is 2.11 bits per heavy atom. The number of likely N-dealkylation sites (N-methyl/N-ethyl adjacent to an activating group) is 1. The predicted molar refractivity (Wildman–Crippen MR) is 73.0 cm³/mol. The number of nitriles is 1. The van der Waals surface area contributed by atoms with Crippen LogP contribution in [0.5, 0.6) is 0 Å². The van der Waals surface area contributed by atoms with Gasteiger partial charge in [-0.2, -0.15) is 5.26 Å². The molecular weight excluding hydrogens is 242 g/mol. The van der Waals surface area contributed by atoms with Crippen molar-refractivity contribution in [1.82, 2.24) is 14.8 Å². The second kappa shape index (κ2) is 6.04. The van der Waals surface area contributed by atoms with Gasteiger partial charge in [-0.05, 0) is 14.0 Å². The standard InChI is InChI=1S/C13H21N5O/c1-10(18-6-4-17(3)5-7-18)9-15-13-12(8-14)16-11(2)19-13/h10,15H,4-7,9H2,1-3H3/t10-/m1/s1. The molecule has 2 rings (SSSR count).